The smallest absolute Gasteiger partial charge is 0.140 e. The van der Waals surface area contributed by atoms with E-state index >= 15 is 0 Å². The second kappa shape index (κ2) is 3.06. The van der Waals surface area contributed by atoms with Gasteiger partial charge in [0.25, 0.3) is 0 Å². The molecule has 0 spiro atoms. The van der Waals surface area contributed by atoms with Crippen LogP contribution in [0, 0.1) is 5.41 Å². The Hall–Kier alpha value is -0.370. The van der Waals surface area contributed by atoms with Gasteiger partial charge in [-0.2, -0.15) is 0 Å². The highest BCUT2D eigenvalue weighted by Gasteiger charge is 2.56. The molecule has 78 valence electrons. The maximum absolute atomic E-state index is 11.9. The molecule has 0 amide bonds. The molecule has 2 saturated carbocycles. The van der Waals surface area contributed by atoms with Gasteiger partial charge >= 0.3 is 0 Å². The van der Waals surface area contributed by atoms with Crippen molar-refractivity contribution in [1.29, 1.82) is 0 Å². The van der Waals surface area contributed by atoms with Crippen LogP contribution in [-0.2, 0) is 9.59 Å². The maximum atomic E-state index is 11.9. The van der Waals surface area contributed by atoms with Crippen LogP contribution in [0.25, 0.3) is 0 Å². The first kappa shape index (κ1) is 10.2. The number of halogens is 1. The van der Waals surface area contributed by atoms with Crippen molar-refractivity contribution in [3.05, 3.63) is 0 Å². The van der Waals surface area contributed by atoms with E-state index in [9.17, 15) is 9.59 Å². The summed E-state index contributed by atoms with van der Waals surface area (Å²) in [6.07, 6.45) is 3.84. The molecule has 0 saturated heterocycles. The van der Waals surface area contributed by atoms with Gasteiger partial charge in [-0.05, 0) is 19.3 Å². The number of alkyl halides is 1. The van der Waals surface area contributed by atoms with Crippen LogP contribution < -0.4 is 0 Å². The average Bonchev–Trinajstić information content (AvgIpc) is 2.10. The SMILES string of the molecule is CC12CCC(=O)CC1(Cl)CCCC2=O. The van der Waals surface area contributed by atoms with Gasteiger partial charge in [-0.3, -0.25) is 9.59 Å². The summed E-state index contributed by atoms with van der Waals surface area (Å²) in [6, 6.07) is 0. The van der Waals surface area contributed by atoms with E-state index in [1.165, 1.54) is 0 Å². The molecule has 0 N–H and O–H groups in total. The van der Waals surface area contributed by atoms with E-state index in [1.807, 2.05) is 6.92 Å². The zero-order valence-electron chi connectivity index (χ0n) is 8.44. The lowest BCUT2D eigenvalue weighted by Gasteiger charge is -2.49. The summed E-state index contributed by atoms with van der Waals surface area (Å²) in [5.74, 6) is 0.471. The molecule has 2 atom stereocenters. The van der Waals surface area contributed by atoms with Crippen LogP contribution in [0.1, 0.15) is 45.4 Å². The van der Waals surface area contributed by atoms with Crippen molar-refractivity contribution in [1.82, 2.24) is 0 Å². The van der Waals surface area contributed by atoms with Crippen molar-refractivity contribution in [3.8, 4) is 0 Å². The Bertz CT molecular complexity index is 300. The summed E-state index contributed by atoms with van der Waals surface area (Å²) in [5.41, 5.74) is -0.444. The van der Waals surface area contributed by atoms with Crippen molar-refractivity contribution in [3.63, 3.8) is 0 Å². The van der Waals surface area contributed by atoms with Crippen molar-refractivity contribution < 1.29 is 9.59 Å². The Kier molecular flexibility index (Phi) is 2.22. The molecule has 0 aromatic rings. The van der Waals surface area contributed by atoms with Crippen molar-refractivity contribution in [2.24, 2.45) is 5.41 Å². The van der Waals surface area contributed by atoms with E-state index in [4.69, 9.17) is 11.6 Å². The topological polar surface area (TPSA) is 34.1 Å². The third-order valence-electron chi connectivity index (χ3n) is 3.96. The second-order valence-corrected chi connectivity index (χ2v) is 5.51. The molecule has 0 bridgehead atoms. The second-order valence-electron chi connectivity index (χ2n) is 4.79. The standard InChI is InChI=1S/C11H15ClO2/c1-10-6-4-8(13)7-11(10,12)5-2-3-9(10)14/h2-7H2,1H3. The molecule has 0 aromatic carbocycles. The number of carbonyl (C=O) groups excluding carboxylic acids is 2. The Morgan fingerprint density at radius 3 is 2.64 bits per heavy atom. The Morgan fingerprint density at radius 2 is 1.93 bits per heavy atom. The van der Waals surface area contributed by atoms with Crippen LogP contribution in [0.2, 0.25) is 0 Å². The summed E-state index contributed by atoms with van der Waals surface area (Å²) < 4.78 is 0. The van der Waals surface area contributed by atoms with Gasteiger partial charge in [0.2, 0.25) is 0 Å². The summed E-state index contributed by atoms with van der Waals surface area (Å²) >= 11 is 6.47. The molecule has 2 rings (SSSR count). The van der Waals surface area contributed by atoms with Gasteiger partial charge in [-0.15, -0.1) is 11.6 Å². The monoisotopic (exact) mass is 214 g/mol. The molecular formula is C11H15ClO2. The first-order chi connectivity index (χ1) is 6.48. The molecule has 0 heterocycles. The van der Waals surface area contributed by atoms with E-state index in [1.54, 1.807) is 0 Å². The number of Topliss-reactive ketones (excluding diaryl/α,β-unsaturated/α-hetero) is 2. The van der Waals surface area contributed by atoms with E-state index < -0.39 is 10.3 Å². The quantitative estimate of drug-likeness (QED) is 0.581. The van der Waals surface area contributed by atoms with Gasteiger partial charge < -0.3 is 0 Å². The molecule has 2 nitrogen and oxygen atoms in total. The zero-order chi connectivity index (χ0) is 10.4. The molecule has 2 aliphatic rings. The number of hydrogen-bond donors (Lipinski definition) is 0. The predicted molar refractivity (Wildman–Crippen MR) is 54.4 cm³/mol. The summed E-state index contributed by atoms with van der Waals surface area (Å²) in [6.45, 7) is 1.94. The first-order valence-corrected chi connectivity index (χ1v) is 5.60. The van der Waals surface area contributed by atoms with Gasteiger partial charge in [0.15, 0.2) is 0 Å². The Labute approximate surface area is 89.0 Å². The number of rotatable bonds is 0. The third-order valence-corrected chi connectivity index (χ3v) is 4.70. The maximum Gasteiger partial charge on any atom is 0.140 e. The largest absolute Gasteiger partial charge is 0.300 e. The Morgan fingerprint density at radius 1 is 1.21 bits per heavy atom. The Balaban J connectivity index is 2.36. The number of hydrogen-bond acceptors (Lipinski definition) is 2. The van der Waals surface area contributed by atoms with Crippen LogP contribution in [0.3, 0.4) is 0 Å². The highest BCUT2D eigenvalue weighted by molar-refractivity contribution is 6.28. The van der Waals surface area contributed by atoms with Crippen molar-refractivity contribution in [2.45, 2.75) is 50.3 Å². The molecule has 2 fully saturated rings. The van der Waals surface area contributed by atoms with E-state index in [2.05, 4.69) is 0 Å². The first-order valence-electron chi connectivity index (χ1n) is 5.22. The summed E-state index contributed by atoms with van der Waals surface area (Å²) in [5, 5.41) is 0. The minimum Gasteiger partial charge on any atom is -0.300 e. The number of carbonyl (C=O) groups is 2. The van der Waals surface area contributed by atoms with Gasteiger partial charge in [-0.1, -0.05) is 6.92 Å². The van der Waals surface area contributed by atoms with Crippen LogP contribution >= 0.6 is 11.6 Å². The van der Waals surface area contributed by atoms with Gasteiger partial charge in [0.05, 0.1) is 4.87 Å². The highest BCUT2D eigenvalue weighted by atomic mass is 35.5. The van der Waals surface area contributed by atoms with E-state index in [0.717, 1.165) is 12.8 Å². The van der Waals surface area contributed by atoms with Crippen molar-refractivity contribution >= 4 is 23.2 Å². The lowest BCUT2D eigenvalue weighted by molar-refractivity contribution is -0.138. The normalized spacial score (nSPS) is 43.6. The highest BCUT2D eigenvalue weighted by Crippen LogP contribution is 2.53. The average molecular weight is 215 g/mol. The van der Waals surface area contributed by atoms with Crippen LogP contribution in [-0.4, -0.2) is 16.4 Å². The summed E-state index contributed by atoms with van der Waals surface area (Å²) in [4.78, 5) is 22.7. The molecule has 2 unspecified atom stereocenters. The lowest BCUT2D eigenvalue weighted by atomic mass is 9.59. The molecule has 14 heavy (non-hydrogen) atoms. The minimum atomic E-state index is -0.572. The van der Waals surface area contributed by atoms with Crippen LogP contribution in [0.5, 0.6) is 0 Å². The van der Waals surface area contributed by atoms with Crippen molar-refractivity contribution in [2.75, 3.05) is 0 Å². The van der Waals surface area contributed by atoms with Gasteiger partial charge in [0.1, 0.15) is 11.6 Å². The fourth-order valence-electron chi connectivity index (χ4n) is 2.77. The predicted octanol–water partition coefficient (Wildman–Crippen LogP) is 2.48. The third kappa shape index (κ3) is 1.23. The molecule has 0 aromatic heterocycles. The van der Waals surface area contributed by atoms with E-state index in [0.29, 0.717) is 25.7 Å². The van der Waals surface area contributed by atoms with Crippen LogP contribution in [0.4, 0.5) is 0 Å². The van der Waals surface area contributed by atoms with Gasteiger partial charge in [0, 0.05) is 24.7 Å². The number of ketones is 2. The van der Waals surface area contributed by atoms with Crippen LogP contribution in [0.15, 0.2) is 0 Å². The number of fused-ring (bicyclic) bond motifs is 1. The fourth-order valence-corrected chi connectivity index (χ4v) is 3.25. The lowest BCUT2D eigenvalue weighted by Crippen LogP contribution is -2.54. The molecule has 2 aliphatic carbocycles. The molecule has 3 heteroatoms. The zero-order valence-corrected chi connectivity index (χ0v) is 9.19. The molecular weight excluding hydrogens is 200 g/mol. The minimum absolute atomic E-state index is 0.215. The molecule has 0 aliphatic heterocycles. The van der Waals surface area contributed by atoms with Gasteiger partial charge in [-0.25, -0.2) is 0 Å². The fraction of sp³-hybridized carbons (Fsp3) is 0.818. The summed E-state index contributed by atoms with van der Waals surface area (Å²) in [7, 11) is 0. The van der Waals surface area contributed by atoms with E-state index in [-0.39, 0.29) is 11.6 Å². The molecule has 0 radical (unpaired) electrons.